The minimum atomic E-state index is -0.377. The number of Topliss-reactive ketones (excluding diaryl/α,β-unsaturated/α-hetero) is 1. The number of halogens is 1. The topological polar surface area (TPSA) is 67.4 Å². The van der Waals surface area contributed by atoms with E-state index in [2.05, 4.69) is 26.6 Å². The molecule has 0 aliphatic carbocycles. The number of carbonyl (C=O) groups excluding carboxylic acids is 2. The van der Waals surface area contributed by atoms with Gasteiger partial charge in [0.15, 0.2) is 10.9 Å². The van der Waals surface area contributed by atoms with Crippen molar-refractivity contribution in [2.45, 2.75) is 20.3 Å². The third-order valence-corrected chi connectivity index (χ3v) is 4.10. The van der Waals surface area contributed by atoms with Crippen LogP contribution in [0.4, 0.5) is 5.69 Å². The summed E-state index contributed by atoms with van der Waals surface area (Å²) < 4.78 is 6.38. The Labute approximate surface area is 166 Å². The van der Waals surface area contributed by atoms with E-state index in [1.807, 2.05) is 13.0 Å². The maximum absolute atomic E-state index is 12.6. The Bertz CT molecular complexity index is 839. The van der Waals surface area contributed by atoms with Crippen molar-refractivity contribution in [1.29, 1.82) is 0 Å². The summed E-state index contributed by atoms with van der Waals surface area (Å²) in [6.45, 7) is 4.00. The van der Waals surface area contributed by atoms with Gasteiger partial charge in [-0.15, -0.1) is 0 Å². The lowest BCUT2D eigenvalue weighted by Crippen LogP contribution is -2.34. The first-order valence-corrected chi connectivity index (χ1v) is 9.26. The molecule has 2 aromatic carbocycles. The average molecular weight is 435 g/mol. The minimum absolute atomic E-state index is 0.0459. The Kier molecular flexibility index (Phi) is 7.29. The molecular weight excluding hydrogens is 416 g/mol. The van der Waals surface area contributed by atoms with Gasteiger partial charge in [-0.1, -0.05) is 35.0 Å². The molecule has 0 bridgehead atoms. The van der Waals surface area contributed by atoms with E-state index in [0.29, 0.717) is 29.2 Å². The van der Waals surface area contributed by atoms with Crippen LogP contribution in [0.1, 0.15) is 41.0 Å². The highest BCUT2D eigenvalue weighted by molar-refractivity contribution is 9.10. The molecule has 5 nitrogen and oxygen atoms in total. The monoisotopic (exact) mass is 434 g/mol. The number of hydrogen-bond donors (Lipinski definition) is 2. The second-order valence-corrected chi connectivity index (χ2v) is 6.86. The number of carbonyl (C=O) groups is 2. The van der Waals surface area contributed by atoms with Crippen LogP contribution in [0.5, 0.6) is 5.75 Å². The lowest BCUT2D eigenvalue weighted by molar-refractivity contribution is 0.0972. The van der Waals surface area contributed by atoms with Gasteiger partial charge < -0.3 is 10.1 Å². The summed E-state index contributed by atoms with van der Waals surface area (Å²) in [6.07, 6.45) is 0.837. The molecule has 2 rings (SSSR count). The zero-order valence-electron chi connectivity index (χ0n) is 14.5. The fourth-order valence-electron chi connectivity index (χ4n) is 2.17. The van der Waals surface area contributed by atoms with Crippen molar-refractivity contribution in [3.8, 4) is 5.75 Å². The molecule has 136 valence electrons. The first kappa shape index (κ1) is 20.1. The van der Waals surface area contributed by atoms with E-state index in [1.165, 1.54) is 6.92 Å². The van der Waals surface area contributed by atoms with Gasteiger partial charge in [-0.05, 0) is 55.9 Å². The molecule has 0 aliphatic rings. The molecule has 0 radical (unpaired) electrons. The molecule has 7 heteroatoms. The summed E-state index contributed by atoms with van der Waals surface area (Å²) in [7, 11) is 0. The number of rotatable bonds is 6. The molecular formula is C19H19BrN2O3S. The number of anilines is 1. The Balaban J connectivity index is 2.09. The van der Waals surface area contributed by atoms with Crippen molar-refractivity contribution < 1.29 is 14.3 Å². The summed E-state index contributed by atoms with van der Waals surface area (Å²) in [5.41, 5.74) is 1.57. The van der Waals surface area contributed by atoms with Gasteiger partial charge in [-0.3, -0.25) is 14.9 Å². The first-order valence-electron chi connectivity index (χ1n) is 8.06. The van der Waals surface area contributed by atoms with Gasteiger partial charge in [-0.25, -0.2) is 0 Å². The third kappa shape index (κ3) is 5.64. The van der Waals surface area contributed by atoms with Crippen LogP contribution in [0.3, 0.4) is 0 Å². The van der Waals surface area contributed by atoms with Crippen LogP contribution in [0.25, 0.3) is 0 Å². The van der Waals surface area contributed by atoms with E-state index in [1.54, 1.807) is 36.4 Å². The highest BCUT2D eigenvalue weighted by Crippen LogP contribution is 2.23. The molecule has 0 aromatic heterocycles. The molecule has 0 unspecified atom stereocenters. The molecule has 1 amide bonds. The summed E-state index contributed by atoms with van der Waals surface area (Å²) in [4.78, 5) is 24.0. The highest BCUT2D eigenvalue weighted by Gasteiger charge is 2.15. The Morgan fingerprint density at radius 2 is 1.96 bits per heavy atom. The molecule has 2 aromatic rings. The maximum Gasteiger partial charge on any atom is 0.261 e. The van der Waals surface area contributed by atoms with Crippen LogP contribution in [0, 0.1) is 0 Å². The molecule has 0 atom stereocenters. The smallest absolute Gasteiger partial charge is 0.261 e. The first-order chi connectivity index (χ1) is 12.4. The number of ether oxygens (including phenoxy) is 1. The Morgan fingerprint density at radius 1 is 1.19 bits per heavy atom. The van der Waals surface area contributed by atoms with Crippen molar-refractivity contribution in [2.75, 3.05) is 11.9 Å². The molecule has 0 heterocycles. The van der Waals surface area contributed by atoms with Crippen LogP contribution in [0.2, 0.25) is 0 Å². The van der Waals surface area contributed by atoms with Gasteiger partial charge in [0.1, 0.15) is 5.75 Å². The van der Waals surface area contributed by atoms with Crippen LogP contribution in [0.15, 0.2) is 46.9 Å². The SMILES string of the molecule is CCCOc1ccc(Br)cc1C(=O)NC(=S)Nc1cccc(C(C)=O)c1. The maximum atomic E-state index is 12.6. The highest BCUT2D eigenvalue weighted by atomic mass is 79.9. The molecule has 0 saturated carbocycles. The minimum Gasteiger partial charge on any atom is -0.493 e. The summed E-state index contributed by atoms with van der Waals surface area (Å²) in [6, 6.07) is 12.1. The number of amides is 1. The van der Waals surface area contributed by atoms with Crippen molar-refractivity contribution in [2.24, 2.45) is 0 Å². The standard InChI is InChI=1S/C19H19BrN2O3S/c1-3-9-25-17-8-7-14(20)11-16(17)18(24)22-19(26)21-15-6-4-5-13(10-15)12(2)23/h4-8,10-11H,3,9H2,1-2H3,(H2,21,22,24,26). The molecule has 26 heavy (non-hydrogen) atoms. The second-order valence-electron chi connectivity index (χ2n) is 5.53. The zero-order valence-corrected chi connectivity index (χ0v) is 16.9. The molecule has 0 aliphatic heterocycles. The predicted octanol–water partition coefficient (Wildman–Crippen LogP) is 4.57. The molecule has 0 saturated heterocycles. The molecule has 0 spiro atoms. The van der Waals surface area contributed by atoms with E-state index in [-0.39, 0.29) is 16.8 Å². The summed E-state index contributed by atoms with van der Waals surface area (Å²) >= 11 is 8.56. The van der Waals surface area contributed by atoms with Gasteiger partial charge in [-0.2, -0.15) is 0 Å². The largest absolute Gasteiger partial charge is 0.493 e. The van der Waals surface area contributed by atoms with Crippen molar-refractivity contribution >= 4 is 50.6 Å². The van der Waals surface area contributed by atoms with E-state index in [9.17, 15) is 9.59 Å². The van der Waals surface area contributed by atoms with Crippen LogP contribution < -0.4 is 15.4 Å². The van der Waals surface area contributed by atoms with E-state index >= 15 is 0 Å². The van der Waals surface area contributed by atoms with Crippen LogP contribution in [-0.2, 0) is 0 Å². The number of hydrogen-bond acceptors (Lipinski definition) is 4. The van der Waals surface area contributed by atoms with Crippen molar-refractivity contribution in [1.82, 2.24) is 5.32 Å². The van der Waals surface area contributed by atoms with Crippen molar-refractivity contribution in [3.05, 3.63) is 58.1 Å². The summed E-state index contributed by atoms with van der Waals surface area (Å²) in [5, 5.41) is 5.68. The Morgan fingerprint density at radius 3 is 2.65 bits per heavy atom. The van der Waals surface area contributed by atoms with E-state index in [0.717, 1.165) is 10.9 Å². The third-order valence-electron chi connectivity index (χ3n) is 3.40. The normalized spacial score (nSPS) is 10.1. The van der Waals surface area contributed by atoms with E-state index in [4.69, 9.17) is 17.0 Å². The fraction of sp³-hybridized carbons (Fsp3) is 0.211. The number of ketones is 1. The van der Waals surface area contributed by atoms with Crippen LogP contribution >= 0.6 is 28.1 Å². The van der Waals surface area contributed by atoms with Gasteiger partial charge in [0.05, 0.1) is 12.2 Å². The molecule has 2 N–H and O–H groups in total. The number of benzene rings is 2. The zero-order chi connectivity index (χ0) is 19.1. The second kappa shape index (κ2) is 9.45. The lowest BCUT2D eigenvalue weighted by Gasteiger charge is -2.13. The lowest BCUT2D eigenvalue weighted by atomic mass is 10.1. The number of nitrogens with one attached hydrogen (secondary N) is 2. The number of thiocarbonyl (C=S) groups is 1. The van der Waals surface area contributed by atoms with Gasteiger partial charge in [0.2, 0.25) is 0 Å². The Hall–Kier alpha value is -2.25. The van der Waals surface area contributed by atoms with Gasteiger partial charge in [0, 0.05) is 15.7 Å². The van der Waals surface area contributed by atoms with Gasteiger partial charge in [0.25, 0.3) is 5.91 Å². The molecule has 0 fully saturated rings. The van der Waals surface area contributed by atoms with Gasteiger partial charge >= 0.3 is 0 Å². The quantitative estimate of drug-likeness (QED) is 0.514. The fourth-order valence-corrected chi connectivity index (χ4v) is 2.74. The van der Waals surface area contributed by atoms with E-state index < -0.39 is 0 Å². The average Bonchev–Trinajstić information content (AvgIpc) is 2.60. The summed E-state index contributed by atoms with van der Waals surface area (Å²) in [5.74, 6) is 0.0713. The predicted molar refractivity (Wildman–Crippen MR) is 110 cm³/mol. The van der Waals surface area contributed by atoms with Crippen molar-refractivity contribution in [3.63, 3.8) is 0 Å². The van der Waals surface area contributed by atoms with Crippen LogP contribution in [-0.4, -0.2) is 23.4 Å².